The van der Waals surface area contributed by atoms with Gasteiger partial charge in [0.25, 0.3) is 11.5 Å². The Hall–Kier alpha value is -2.17. The van der Waals surface area contributed by atoms with E-state index < -0.39 is 0 Å². The Morgan fingerprint density at radius 3 is 2.40 bits per heavy atom. The van der Waals surface area contributed by atoms with Crippen LogP contribution in [0.2, 0.25) is 0 Å². The van der Waals surface area contributed by atoms with Crippen LogP contribution in [0.3, 0.4) is 0 Å². The lowest BCUT2D eigenvalue weighted by Crippen LogP contribution is -2.39. The molecule has 2 rings (SSSR count). The highest BCUT2D eigenvalue weighted by Crippen LogP contribution is 2.16. The minimum absolute atomic E-state index is 0.0926. The fourth-order valence-corrected chi connectivity index (χ4v) is 2.08. The average Bonchev–Trinajstić information content (AvgIpc) is 2.45. The summed E-state index contributed by atoms with van der Waals surface area (Å²) in [5.41, 5.74) is 0.00640. The third-order valence-electron chi connectivity index (χ3n) is 3.79. The van der Waals surface area contributed by atoms with E-state index in [1.54, 1.807) is 36.2 Å². The smallest absolute Gasteiger partial charge is 0.274 e. The zero-order valence-electron chi connectivity index (χ0n) is 12.2. The summed E-state index contributed by atoms with van der Waals surface area (Å²) in [6.45, 7) is 6.12. The van der Waals surface area contributed by atoms with Crippen molar-refractivity contribution in [1.82, 2.24) is 15.1 Å². The van der Waals surface area contributed by atoms with Crippen LogP contribution in [0.5, 0.6) is 0 Å². The molecule has 106 valence electrons. The number of H-pyrrole nitrogens is 1. The maximum atomic E-state index is 12.6. The van der Waals surface area contributed by atoms with E-state index in [0.717, 1.165) is 0 Å². The number of rotatable bonds is 3. The van der Waals surface area contributed by atoms with E-state index in [-0.39, 0.29) is 23.2 Å². The molecule has 1 unspecified atom stereocenters. The number of carbonyl (C=O) groups is 1. The summed E-state index contributed by atoms with van der Waals surface area (Å²) in [5.74, 6) is 0.164. The van der Waals surface area contributed by atoms with Crippen molar-refractivity contribution in [2.75, 3.05) is 7.05 Å². The van der Waals surface area contributed by atoms with E-state index in [4.69, 9.17) is 0 Å². The molecular weight excluding hydrogens is 254 g/mol. The van der Waals surface area contributed by atoms with Gasteiger partial charge in [-0.1, -0.05) is 32.0 Å². The topological polar surface area (TPSA) is 66.1 Å². The van der Waals surface area contributed by atoms with Crippen LogP contribution in [-0.2, 0) is 0 Å². The van der Waals surface area contributed by atoms with Gasteiger partial charge in [0.1, 0.15) is 0 Å². The Morgan fingerprint density at radius 2 is 1.80 bits per heavy atom. The van der Waals surface area contributed by atoms with Crippen molar-refractivity contribution in [3.05, 3.63) is 40.3 Å². The van der Waals surface area contributed by atoms with E-state index in [2.05, 4.69) is 24.0 Å². The molecule has 0 aliphatic carbocycles. The minimum Gasteiger partial charge on any atom is -0.337 e. The number of benzene rings is 1. The van der Waals surface area contributed by atoms with Crippen molar-refractivity contribution in [3.63, 3.8) is 0 Å². The molecular formula is C15H19N3O2. The first-order chi connectivity index (χ1) is 9.43. The summed E-state index contributed by atoms with van der Waals surface area (Å²) in [5, 5.41) is 7.40. The Bertz CT molecular complexity index is 691. The van der Waals surface area contributed by atoms with Crippen LogP contribution in [0.1, 0.15) is 31.3 Å². The molecule has 1 N–H and O–H groups in total. The summed E-state index contributed by atoms with van der Waals surface area (Å²) in [7, 11) is 1.76. The number of nitrogens with zero attached hydrogens (tertiary/aromatic N) is 2. The number of amides is 1. The van der Waals surface area contributed by atoms with Crippen molar-refractivity contribution < 1.29 is 4.79 Å². The lowest BCUT2D eigenvalue weighted by molar-refractivity contribution is 0.0702. The molecule has 0 saturated heterocycles. The van der Waals surface area contributed by atoms with Gasteiger partial charge >= 0.3 is 0 Å². The monoisotopic (exact) mass is 273 g/mol. The van der Waals surface area contributed by atoms with Crippen LogP contribution in [0, 0.1) is 5.92 Å². The summed E-state index contributed by atoms with van der Waals surface area (Å²) in [6, 6.07) is 7.10. The molecule has 2 aromatic rings. The predicted molar refractivity (Wildman–Crippen MR) is 78.8 cm³/mol. The Kier molecular flexibility index (Phi) is 3.88. The highest BCUT2D eigenvalue weighted by atomic mass is 16.2. The Labute approximate surface area is 117 Å². The van der Waals surface area contributed by atoms with Crippen molar-refractivity contribution in [3.8, 4) is 0 Å². The molecule has 0 aliphatic rings. The first kappa shape index (κ1) is 14.2. The SMILES string of the molecule is CC(C)C(C)N(C)C(=O)c1n[nH]c(=O)c2ccccc12. The van der Waals surface area contributed by atoms with Gasteiger partial charge in [0, 0.05) is 18.5 Å². The van der Waals surface area contributed by atoms with Gasteiger partial charge in [-0.15, -0.1) is 0 Å². The maximum absolute atomic E-state index is 12.6. The molecule has 0 fully saturated rings. The lowest BCUT2D eigenvalue weighted by atomic mass is 10.0. The van der Waals surface area contributed by atoms with Crippen molar-refractivity contribution in [1.29, 1.82) is 0 Å². The Morgan fingerprint density at radius 1 is 1.20 bits per heavy atom. The highest BCUT2D eigenvalue weighted by molar-refractivity contribution is 6.04. The van der Waals surface area contributed by atoms with Crippen LogP contribution >= 0.6 is 0 Å². The molecule has 1 aromatic heterocycles. The van der Waals surface area contributed by atoms with Crippen molar-refractivity contribution in [2.24, 2.45) is 5.92 Å². The number of hydrogen-bond donors (Lipinski definition) is 1. The Balaban J connectivity index is 2.51. The molecule has 1 atom stereocenters. The normalized spacial score (nSPS) is 12.7. The molecule has 1 heterocycles. The zero-order valence-corrected chi connectivity index (χ0v) is 12.2. The van der Waals surface area contributed by atoms with Gasteiger partial charge in [-0.05, 0) is 18.9 Å². The number of aromatic amines is 1. The lowest BCUT2D eigenvalue weighted by Gasteiger charge is -2.27. The number of hydrogen-bond acceptors (Lipinski definition) is 3. The molecule has 1 amide bonds. The molecule has 0 radical (unpaired) electrons. The van der Waals surface area contributed by atoms with E-state index in [1.165, 1.54) is 0 Å². The van der Waals surface area contributed by atoms with Crippen LogP contribution < -0.4 is 5.56 Å². The third kappa shape index (κ3) is 2.43. The minimum atomic E-state index is -0.281. The van der Waals surface area contributed by atoms with E-state index >= 15 is 0 Å². The molecule has 0 aliphatic heterocycles. The summed E-state index contributed by atoms with van der Waals surface area (Å²) in [4.78, 5) is 25.9. The predicted octanol–water partition coefficient (Wildman–Crippen LogP) is 2.04. The first-order valence-electron chi connectivity index (χ1n) is 6.68. The highest BCUT2D eigenvalue weighted by Gasteiger charge is 2.23. The van der Waals surface area contributed by atoms with Gasteiger partial charge in [-0.25, -0.2) is 5.10 Å². The second-order valence-corrected chi connectivity index (χ2v) is 5.35. The molecule has 0 saturated carbocycles. The maximum Gasteiger partial charge on any atom is 0.274 e. The van der Waals surface area contributed by atoms with Gasteiger partial charge in [0.05, 0.1) is 5.39 Å². The summed E-state index contributed by atoms with van der Waals surface area (Å²) in [6.07, 6.45) is 0. The second-order valence-electron chi connectivity index (χ2n) is 5.35. The second kappa shape index (κ2) is 5.45. The van der Waals surface area contributed by atoms with Crippen LogP contribution in [0.4, 0.5) is 0 Å². The van der Waals surface area contributed by atoms with Crippen molar-refractivity contribution >= 4 is 16.7 Å². The molecule has 0 spiro atoms. The third-order valence-corrected chi connectivity index (χ3v) is 3.79. The van der Waals surface area contributed by atoms with Gasteiger partial charge in [-0.2, -0.15) is 5.10 Å². The molecule has 5 nitrogen and oxygen atoms in total. The van der Waals surface area contributed by atoms with Gasteiger partial charge in [0.2, 0.25) is 0 Å². The van der Waals surface area contributed by atoms with Gasteiger partial charge in [0.15, 0.2) is 5.69 Å². The molecule has 5 heteroatoms. The molecule has 1 aromatic carbocycles. The number of carbonyl (C=O) groups excluding carboxylic acids is 1. The van der Waals surface area contributed by atoms with E-state index in [0.29, 0.717) is 16.7 Å². The molecule has 0 bridgehead atoms. The van der Waals surface area contributed by atoms with Crippen molar-refractivity contribution in [2.45, 2.75) is 26.8 Å². The number of fused-ring (bicyclic) bond motifs is 1. The number of aromatic nitrogens is 2. The van der Waals surface area contributed by atoms with Gasteiger partial charge in [-0.3, -0.25) is 9.59 Å². The zero-order chi connectivity index (χ0) is 14.9. The summed E-state index contributed by atoms with van der Waals surface area (Å²) < 4.78 is 0. The fraction of sp³-hybridized carbons (Fsp3) is 0.400. The van der Waals surface area contributed by atoms with E-state index in [9.17, 15) is 9.59 Å². The quantitative estimate of drug-likeness (QED) is 0.930. The van der Waals surface area contributed by atoms with Crippen LogP contribution in [0.25, 0.3) is 10.8 Å². The van der Waals surface area contributed by atoms with Gasteiger partial charge < -0.3 is 4.90 Å². The largest absolute Gasteiger partial charge is 0.337 e. The standard InChI is InChI=1S/C15H19N3O2/c1-9(2)10(3)18(4)15(20)13-11-7-5-6-8-12(11)14(19)17-16-13/h5-10H,1-4H3,(H,17,19). The van der Waals surface area contributed by atoms with E-state index in [1.807, 2.05) is 6.92 Å². The molecule has 20 heavy (non-hydrogen) atoms. The average molecular weight is 273 g/mol. The van der Waals surface area contributed by atoms with Crippen LogP contribution in [-0.4, -0.2) is 34.1 Å². The number of nitrogens with one attached hydrogen (secondary N) is 1. The van der Waals surface area contributed by atoms with Crippen LogP contribution in [0.15, 0.2) is 29.1 Å². The first-order valence-corrected chi connectivity index (χ1v) is 6.68. The summed E-state index contributed by atoms with van der Waals surface area (Å²) >= 11 is 0. The fourth-order valence-electron chi connectivity index (χ4n) is 2.08.